The van der Waals surface area contributed by atoms with E-state index in [0.717, 1.165) is 11.1 Å². The van der Waals surface area contributed by atoms with Crippen molar-refractivity contribution in [2.24, 2.45) is 5.92 Å². The fraction of sp³-hybridized carbons (Fsp3) is 0.440. The molecule has 0 aromatic heterocycles. The van der Waals surface area contributed by atoms with Crippen LogP contribution in [0.5, 0.6) is 23.0 Å². The maximum Gasteiger partial charge on any atom is 0.318 e. The van der Waals surface area contributed by atoms with Crippen molar-refractivity contribution in [3.05, 3.63) is 41.5 Å². The summed E-state index contributed by atoms with van der Waals surface area (Å²) in [5.41, 5.74) is 2.63. The van der Waals surface area contributed by atoms with E-state index < -0.39 is 6.04 Å². The van der Waals surface area contributed by atoms with E-state index in [-0.39, 0.29) is 17.9 Å². The molecular formula is C25H33N3O6. The standard InChI is InChI=1S/C25H33N3O6/c1-15(2)23(24(29)26-18-11-19(31-3)13-20(12-18)32-4)27-25(30)28-8-7-16-9-21(33-5)22(34-6)10-17(16)14-28/h9-13,15,23H,7-8,14H2,1-6H3,(H,26,29)(H,27,30). The molecule has 9 nitrogen and oxygen atoms in total. The van der Waals surface area contributed by atoms with Gasteiger partial charge in [0.15, 0.2) is 11.5 Å². The van der Waals surface area contributed by atoms with Crippen LogP contribution in [0, 0.1) is 5.92 Å². The Bertz CT molecular complexity index is 1020. The SMILES string of the molecule is COc1cc(NC(=O)C(NC(=O)N2CCc3cc(OC)c(OC)cc3C2)C(C)C)cc(OC)c1. The lowest BCUT2D eigenvalue weighted by Gasteiger charge is -2.32. The second-order valence-corrected chi connectivity index (χ2v) is 8.41. The molecule has 34 heavy (non-hydrogen) atoms. The molecular weight excluding hydrogens is 438 g/mol. The Morgan fingerprint density at radius 2 is 1.44 bits per heavy atom. The Hall–Kier alpha value is -3.62. The summed E-state index contributed by atoms with van der Waals surface area (Å²) in [5.74, 6) is 1.96. The number of hydrogen-bond acceptors (Lipinski definition) is 6. The smallest absolute Gasteiger partial charge is 0.318 e. The number of urea groups is 1. The number of hydrogen-bond donors (Lipinski definition) is 2. The molecule has 2 aromatic carbocycles. The average molecular weight is 472 g/mol. The van der Waals surface area contributed by atoms with Crippen molar-refractivity contribution in [3.8, 4) is 23.0 Å². The Morgan fingerprint density at radius 1 is 0.853 bits per heavy atom. The molecule has 0 fully saturated rings. The van der Waals surface area contributed by atoms with Crippen LogP contribution in [0.3, 0.4) is 0 Å². The minimum Gasteiger partial charge on any atom is -0.497 e. The topological polar surface area (TPSA) is 98.4 Å². The number of carbonyl (C=O) groups excluding carboxylic acids is 2. The van der Waals surface area contributed by atoms with Crippen molar-refractivity contribution >= 4 is 17.6 Å². The van der Waals surface area contributed by atoms with Crippen LogP contribution < -0.4 is 29.6 Å². The summed E-state index contributed by atoms with van der Waals surface area (Å²) in [4.78, 5) is 27.9. The number of nitrogens with zero attached hydrogens (tertiary/aromatic N) is 1. The van der Waals surface area contributed by atoms with Crippen LogP contribution in [0.4, 0.5) is 10.5 Å². The quantitative estimate of drug-likeness (QED) is 0.612. The van der Waals surface area contributed by atoms with Crippen LogP contribution >= 0.6 is 0 Å². The zero-order valence-corrected chi connectivity index (χ0v) is 20.6. The van der Waals surface area contributed by atoms with E-state index >= 15 is 0 Å². The second kappa shape index (κ2) is 11.0. The highest BCUT2D eigenvalue weighted by atomic mass is 16.5. The van der Waals surface area contributed by atoms with E-state index in [0.29, 0.717) is 48.2 Å². The maximum absolute atomic E-state index is 13.1. The van der Waals surface area contributed by atoms with Gasteiger partial charge in [-0.25, -0.2) is 4.79 Å². The van der Waals surface area contributed by atoms with Crippen molar-refractivity contribution in [2.75, 3.05) is 40.3 Å². The Morgan fingerprint density at radius 3 is 1.97 bits per heavy atom. The van der Waals surface area contributed by atoms with Crippen molar-refractivity contribution in [1.82, 2.24) is 10.2 Å². The Kier molecular flexibility index (Phi) is 8.09. The molecule has 184 valence electrons. The van der Waals surface area contributed by atoms with Gasteiger partial charge < -0.3 is 34.5 Å². The maximum atomic E-state index is 13.1. The van der Waals surface area contributed by atoms with E-state index in [1.54, 1.807) is 51.5 Å². The van der Waals surface area contributed by atoms with Gasteiger partial charge in [-0.15, -0.1) is 0 Å². The normalized spacial score (nSPS) is 13.6. The van der Waals surface area contributed by atoms with Crippen LogP contribution in [-0.2, 0) is 17.8 Å². The molecule has 0 saturated heterocycles. The van der Waals surface area contributed by atoms with Crippen LogP contribution in [0.15, 0.2) is 30.3 Å². The summed E-state index contributed by atoms with van der Waals surface area (Å²) in [6, 6.07) is 7.95. The van der Waals surface area contributed by atoms with Gasteiger partial charge in [0.1, 0.15) is 17.5 Å². The summed E-state index contributed by atoms with van der Waals surface area (Å²) >= 11 is 0. The minimum absolute atomic E-state index is 0.127. The van der Waals surface area contributed by atoms with Crippen LogP contribution in [0.1, 0.15) is 25.0 Å². The molecule has 0 radical (unpaired) electrons. The first-order chi connectivity index (χ1) is 16.3. The largest absolute Gasteiger partial charge is 0.497 e. The zero-order valence-electron chi connectivity index (χ0n) is 20.6. The molecule has 1 unspecified atom stereocenters. The highest BCUT2D eigenvalue weighted by Crippen LogP contribution is 2.33. The van der Waals surface area contributed by atoms with Gasteiger partial charge in [0.05, 0.1) is 28.4 Å². The highest BCUT2D eigenvalue weighted by molar-refractivity contribution is 5.97. The number of amides is 3. The molecule has 0 spiro atoms. The monoisotopic (exact) mass is 471 g/mol. The summed E-state index contributed by atoms with van der Waals surface area (Å²) < 4.78 is 21.3. The van der Waals surface area contributed by atoms with E-state index in [1.165, 1.54) is 0 Å². The van der Waals surface area contributed by atoms with Gasteiger partial charge in [0.2, 0.25) is 5.91 Å². The first-order valence-corrected chi connectivity index (χ1v) is 11.1. The van der Waals surface area contributed by atoms with Gasteiger partial charge in [-0.05, 0) is 35.6 Å². The molecule has 9 heteroatoms. The number of anilines is 1. The van der Waals surface area contributed by atoms with Crippen LogP contribution in [0.2, 0.25) is 0 Å². The van der Waals surface area contributed by atoms with Gasteiger partial charge in [-0.1, -0.05) is 13.8 Å². The molecule has 3 rings (SSSR count). The molecule has 0 bridgehead atoms. The third kappa shape index (κ3) is 5.65. The van der Waals surface area contributed by atoms with Crippen molar-refractivity contribution in [3.63, 3.8) is 0 Å². The molecule has 1 heterocycles. The molecule has 3 amide bonds. The molecule has 1 aliphatic heterocycles. The first-order valence-electron chi connectivity index (χ1n) is 11.1. The van der Waals surface area contributed by atoms with E-state index in [4.69, 9.17) is 18.9 Å². The minimum atomic E-state index is -0.725. The summed E-state index contributed by atoms with van der Waals surface area (Å²) in [7, 11) is 6.27. The van der Waals surface area contributed by atoms with Gasteiger partial charge in [0.25, 0.3) is 0 Å². The summed E-state index contributed by atoms with van der Waals surface area (Å²) in [5, 5.41) is 5.76. The average Bonchev–Trinajstić information content (AvgIpc) is 2.85. The molecule has 0 saturated carbocycles. The van der Waals surface area contributed by atoms with Gasteiger partial charge >= 0.3 is 6.03 Å². The van der Waals surface area contributed by atoms with Gasteiger partial charge in [-0.3, -0.25) is 4.79 Å². The molecule has 1 aliphatic rings. The highest BCUT2D eigenvalue weighted by Gasteiger charge is 2.29. The van der Waals surface area contributed by atoms with Crippen molar-refractivity contribution < 1.29 is 28.5 Å². The lowest BCUT2D eigenvalue weighted by atomic mass is 9.99. The lowest BCUT2D eigenvalue weighted by molar-refractivity contribution is -0.118. The number of methoxy groups -OCH3 is 4. The van der Waals surface area contributed by atoms with E-state index in [2.05, 4.69) is 10.6 Å². The number of rotatable bonds is 8. The number of benzene rings is 2. The number of ether oxygens (including phenoxy) is 4. The van der Waals surface area contributed by atoms with E-state index in [9.17, 15) is 9.59 Å². The predicted octanol–water partition coefficient (Wildman–Crippen LogP) is 3.45. The fourth-order valence-electron chi connectivity index (χ4n) is 3.92. The van der Waals surface area contributed by atoms with Gasteiger partial charge in [-0.2, -0.15) is 0 Å². The Labute approximate surface area is 200 Å². The molecule has 2 aromatic rings. The molecule has 1 atom stereocenters. The third-order valence-electron chi connectivity index (χ3n) is 5.85. The predicted molar refractivity (Wildman–Crippen MR) is 129 cm³/mol. The molecule has 2 N–H and O–H groups in total. The van der Waals surface area contributed by atoms with E-state index in [1.807, 2.05) is 26.0 Å². The third-order valence-corrected chi connectivity index (χ3v) is 5.85. The Balaban J connectivity index is 1.71. The second-order valence-electron chi connectivity index (χ2n) is 8.41. The van der Waals surface area contributed by atoms with Crippen LogP contribution in [0.25, 0.3) is 0 Å². The lowest BCUT2D eigenvalue weighted by Crippen LogP contribution is -2.52. The summed E-state index contributed by atoms with van der Waals surface area (Å²) in [6.45, 7) is 4.73. The molecule has 0 aliphatic carbocycles. The van der Waals surface area contributed by atoms with Crippen LogP contribution in [-0.4, -0.2) is 57.9 Å². The van der Waals surface area contributed by atoms with Crippen molar-refractivity contribution in [2.45, 2.75) is 32.9 Å². The number of carbonyl (C=O) groups is 2. The van der Waals surface area contributed by atoms with Crippen molar-refractivity contribution in [1.29, 1.82) is 0 Å². The van der Waals surface area contributed by atoms with Gasteiger partial charge in [0, 0.05) is 37.0 Å². The summed E-state index contributed by atoms with van der Waals surface area (Å²) in [6.07, 6.45) is 0.686. The number of nitrogens with one attached hydrogen (secondary N) is 2. The zero-order chi connectivity index (χ0) is 24.8. The first kappa shape index (κ1) is 25.0. The fourth-order valence-corrected chi connectivity index (χ4v) is 3.92. The number of fused-ring (bicyclic) bond motifs is 1.